The van der Waals surface area contributed by atoms with Crippen molar-refractivity contribution in [2.45, 2.75) is 64.1 Å². The van der Waals surface area contributed by atoms with Gasteiger partial charge in [0.1, 0.15) is 11.9 Å². The second-order valence-corrected chi connectivity index (χ2v) is 11.9. The number of benzene rings is 3. The van der Waals surface area contributed by atoms with Crippen LogP contribution >= 0.6 is 0 Å². The average Bonchev–Trinajstić information content (AvgIpc) is 3.06. The van der Waals surface area contributed by atoms with Gasteiger partial charge in [-0.15, -0.1) is 0 Å². The van der Waals surface area contributed by atoms with E-state index in [2.05, 4.69) is 15.5 Å². The Bertz CT molecular complexity index is 1390. The van der Waals surface area contributed by atoms with E-state index in [0.29, 0.717) is 38.3 Å². The topological polar surface area (TPSA) is 137 Å². The summed E-state index contributed by atoms with van der Waals surface area (Å²) in [6.45, 7) is 5.51. The molecule has 246 valence electrons. The summed E-state index contributed by atoms with van der Waals surface area (Å²) < 4.78 is 5.73. The molecular formula is C36H47N5O5. The van der Waals surface area contributed by atoms with Crippen molar-refractivity contribution in [3.63, 3.8) is 0 Å². The molecule has 46 heavy (non-hydrogen) atoms. The Morgan fingerprint density at radius 2 is 1.65 bits per heavy atom. The number of piperidine rings is 1. The molecule has 1 atom stereocenters. The number of amides is 3. The number of nitrogens with zero attached hydrogens (tertiary/aromatic N) is 2. The van der Waals surface area contributed by atoms with Crippen LogP contribution in [0.2, 0.25) is 0 Å². The van der Waals surface area contributed by atoms with E-state index in [4.69, 9.17) is 10.5 Å². The first kappa shape index (κ1) is 34.5. The molecule has 1 heterocycles. The number of aromatic hydroxyl groups is 1. The van der Waals surface area contributed by atoms with Gasteiger partial charge < -0.3 is 30.7 Å². The molecule has 1 fully saturated rings. The Morgan fingerprint density at radius 3 is 2.37 bits per heavy atom. The smallest absolute Gasteiger partial charge is 0.411 e. The normalized spacial score (nSPS) is 14.3. The number of carbonyl (C=O) groups is 3. The van der Waals surface area contributed by atoms with Crippen molar-refractivity contribution in [2.24, 2.45) is 5.73 Å². The summed E-state index contributed by atoms with van der Waals surface area (Å²) in [5.41, 5.74) is 9.46. The van der Waals surface area contributed by atoms with Crippen molar-refractivity contribution >= 4 is 23.6 Å². The molecule has 0 aromatic heterocycles. The number of anilines is 1. The van der Waals surface area contributed by atoms with E-state index in [1.165, 1.54) is 0 Å². The number of hydrogen-bond donors (Lipinski definition) is 4. The van der Waals surface area contributed by atoms with Crippen LogP contribution < -0.4 is 16.4 Å². The first-order valence-electron chi connectivity index (χ1n) is 16.2. The fourth-order valence-corrected chi connectivity index (χ4v) is 5.56. The fraction of sp³-hybridized carbons (Fsp3) is 0.417. The van der Waals surface area contributed by atoms with Gasteiger partial charge >= 0.3 is 6.09 Å². The number of ether oxygens (including phenoxy) is 1. The monoisotopic (exact) mass is 629 g/mol. The molecule has 4 rings (SSSR count). The van der Waals surface area contributed by atoms with Gasteiger partial charge in [0.25, 0.3) is 0 Å². The summed E-state index contributed by atoms with van der Waals surface area (Å²) in [5, 5.41) is 15.4. The molecule has 0 bridgehead atoms. The van der Waals surface area contributed by atoms with E-state index < -0.39 is 12.1 Å². The molecule has 1 saturated heterocycles. The standard InChI is InChI=1S/C36H47N5O5/c1-27(37)35(44)41(26-28-14-16-30(42)17-15-28)22-9-3-8-21-38-34(43)20-25-40-23-18-31(19-24-40)46-36(45)39-33-13-7-6-12-32(33)29-10-4-2-5-11-29/h2,4-7,10-17,27,31,42H,3,8-9,18-26,37H2,1H3,(H,38,43)(H,39,45)/t27-/m0/s1. The number of phenolic OH excluding ortho intramolecular Hbond substituents is 1. The van der Waals surface area contributed by atoms with Crippen LogP contribution in [-0.4, -0.2) is 77.7 Å². The maximum atomic E-state index is 12.7. The van der Waals surface area contributed by atoms with Crippen LogP contribution in [0.4, 0.5) is 10.5 Å². The molecule has 5 N–H and O–H groups in total. The predicted molar refractivity (Wildman–Crippen MR) is 180 cm³/mol. The lowest BCUT2D eigenvalue weighted by Gasteiger charge is -2.31. The molecular weight excluding hydrogens is 582 g/mol. The molecule has 1 aliphatic heterocycles. The Labute approximate surface area is 271 Å². The van der Waals surface area contributed by atoms with Crippen molar-refractivity contribution in [3.8, 4) is 16.9 Å². The highest BCUT2D eigenvalue weighted by Crippen LogP contribution is 2.28. The average molecular weight is 630 g/mol. The SMILES string of the molecule is C[C@H](N)C(=O)N(CCCCCNC(=O)CCN1CCC(OC(=O)Nc2ccccc2-c2ccccc2)CC1)Cc1ccc(O)cc1. The minimum atomic E-state index is -0.581. The third-order valence-electron chi connectivity index (χ3n) is 8.15. The Kier molecular flexibility index (Phi) is 13.4. The van der Waals surface area contributed by atoms with Crippen LogP contribution in [0.5, 0.6) is 5.75 Å². The van der Waals surface area contributed by atoms with Gasteiger partial charge in [-0.05, 0) is 68.4 Å². The molecule has 10 heteroatoms. The quantitative estimate of drug-likeness (QED) is 0.171. The molecule has 10 nitrogen and oxygen atoms in total. The van der Waals surface area contributed by atoms with Gasteiger partial charge in [-0.1, -0.05) is 60.7 Å². The zero-order valence-corrected chi connectivity index (χ0v) is 26.7. The van der Waals surface area contributed by atoms with Gasteiger partial charge in [-0.2, -0.15) is 0 Å². The third kappa shape index (κ3) is 11.2. The van der Waals surface area contributed by atoms with Crippen LogP contribution in [0.1, 0.15) is 51.0 Å². The van der Waals surface area contributed by atoms with E-state index in [9.17, 15) is 19.5 Å². The molecule has 3 aromatic rings. The molecule has 0 saturated carbocycles. The number of nitrogens with one attached hydrogen (secondary N) is 2. The van der Waals surface area contributed by atoms with Crippen molar-refractivity contribution < 1.29 is 24.2 Å². The molecule has 3 amide bonds. The van der Waals surface area contributed by atoms with Crippen molar-refractivity contribution in [1.82, 2.24) is 15.1 Å². The molecule has 0 aliphatic carbocycles. The van der Waals surface area contributed by atoms with Gasteiger partial charge in [0.05, 0.1) is 11.7 Å². The van der Waals surface area contributed by atoms with Crippen LogP contribution in [-0.2, 0) is 20.9 Å². The van der Waals surface area contributed by atoms with E-state index in [1.807, 2.05) is 54.6 Å². The minimum absolute atomic E-state index is 0.0240. The molecule has 0 unspecified atom stereocenters. The number of rotatable bonds is 15. The second-order valence-electron chi connectivity index (χ2n) is 11.9. The van der Waals surface area contributed by atoms with E-state index >= 15 is 0 Å². The first-order chi connectivity index (χ1) is 22.3. The lowest BCUT2D eigenvalue weighted by Crippen LogP contribution is -2.42. The molecule has 0 spiro atoms. The number of carbonyl (C=O) groups excluding carboxylic acids is 3. The van der Waals surface area contributed by atoms with E-state index in [0.717, 1.165) is 61.9 Å². The van der Waals surface area contributed by atoms with E-state index in [-0.39, 0.29) is 23.7 Å². The highest BCUT2D eigenvalue weighted by molar-refractivity contribution is 5.91. The molecule has 3 aromatic carbocycles. The number of likely N-dealkylation sites (tertiary alicyclic amines) is 1. The van der Waals surface area contributed by atoms with Crippen LogP contribution in [0.15, 0.2) is 78.9 Å². The third-order valence-corrected chi connectivity index (χ3v) is 8.15. The van der Waals surface area contributed by atoms with E-state index in [1.54, 1.807) is 36.1 Å². The van der Waals surface area contributed by atoms with Crippen LogP contribution in [0, 0.1) is 0 Å². The lowest BCUT2D eigenvalue weighted by atomic mass is 10.0. The van der Waals surface area contributed by atoms with Crippen molar-refractivity contribution in [1.29, 1.82) is 0 Å². The Balaban J connectivity index is 1.07. The maximum Gasteiger partial charge on any atom is 0.411 e. The summed E-state index contributed by atoms with van der Waals surface area (Å²) in [5.74, 6) is 0.106. The summed E-state index contributed by atoms with van der Waals surface area (Å²) in [7, 11) is 0. The van der Waals surface area contributed by atoms with Gasteiger partial charge in [0.15, 0.2) is 0 Å². The first-order valence-corrected chi connectivity index (χ1v) is 16.2. The summed E-state index contributed by atoms with van der Waals surface area (Å²) in [6, 6.07) is 23.8. The number of nitrogens with two attached hydrogens (primary N) is 1. The van der Waals surface area contributed by atoms with Crippen molar-refractivity contribution in [2.75, 3.05) is 38.0 Å². The Hall–Kier alpha value is -4.41. The van der Waals surface area contributed by atoms with Gasteiger partial charge in [-0.3, -0.25) is 14.9 Å². The van der Waals surface area contributed by atoms with Gasteiger partial charge in [-0.25, -0.2) is 4.79 Å². The second kappa shape index (κ2) is 17.9. The fourth-order valence-electron chi connectivity index (χ4n) is 5.56. The van der Waals surface area contributed by atoms with Crippen LogP contribution in [0.25, 0.3) is 11.1 Å². The number of phenols is 1. The zero-order chi connectivity index (χ0) is 32.7. The van der Waals surface area contributed by atoms with Crippen molar-refractivity contribution in [3.05, 3.63) is 84.4 Å². The summed E-state index contributed by atoms with van der Waals surface area (Å²) >= 11 is 0. The number of hydrogen-bond acceptors (Lipinski definition) is 7. The minimum Gasteiger partial charge on any atom is -0.508 e. The van der Waals surface area contributed by atoms with Gasteiger partial charge in [0, 0.05) is 51.3 Å². The maximum absolute atomic E-state index is 12.7. The number of unbranched alkanes of at least 4 members (excludes halogenated alkanes) is 2. The molecule has 0 radical (unpaired) electrons. The zero-order valence-electron chi connectivity index (χ0n) is 26.7. The largest absolute Gasteiger partial charge is 0.508 e. The molecule has 1 aliphatic rings. The van der Waals surface area contributed by atoms with Crippen LogP contribution in [0.3, 0.4) is 0 Å². The lowest BCUT2D eigenvalue weighted by molar-refractivity contribution is -0.132. The summed E-state index contributed by atoms with van der Waals surface area (Å²) in [4.78, 5) is 41.7. The highest BCUT2D eigenvalue weighted by atomic mass is 16.6. The van der Waals surface area contributed by atoms with Gasteiger partial charge in [0.2, 0.25) is 11.8 Å². The predicted octanol–water partition coefficient (Wildman–Crippen LogP) is 5.12. The number of para-hydroxylation sites is 1. The summed E-state index contributed by atoms with van der Waals surface area (Å²) in [6.07, 6.45) is 3.77. The highest BCUT2D eigenvalue weighted by Gasteiger charge is 2.23. The Morgan fingerprint density at radius 1 is 0.957 bits per heavy atom.